The third kappa shape index (κ3) is 3.01. The van der Waals surface area contributed by atoms with Crippen LogP contribution in [0.1, 0.15) is 17.0 Å². The van der Waals surface area contributed by atoms with Gasteiger partial charge in [-0.2, -0.15) is 5.10 Å². The standard InChI is InChI=1S/C13H13Cl2FN2O/c1-8-13(15)11(18(2)17-8)7-19-12-4-3-9(6-14)5-10(12)16/h3-5H,6-7H2,1-2H3. The summed E-state index contributed by atoms with van der Waals surface area (Å²) < 4.78 is 20.8. The summed E-state index contributed by atoms with van der Waals surface area (Å²) in [6.07, 6.45) is 0. The van der Waals surface area contributed by atoms with Crippen molar-refractivity contribution in [1.29, 1.82) is 0 Å². The number of benzene rings is 1. The molecule has 1 aromatic carbocycles. The summed E-state index contributed by atoms with van der Waals surface area (Å²) in [4.78, 5) is 0. The largest absolute Gasteiger partial charge is 0.484 e. The predicted octanol–water partition coefficient (Wildman–Crippen LogP) is 3.84. The highest BCUT2D eigenvalue weighted by molar-refractivity contribution is 6.31. The lowest BCUT2D eigenvalue weighted by Crippen LogP contribution is -2.04. The second-order valence-corrected chi connectivity index (χ2v) is 4.80. The first kappa shape index (κ1) is 14.2. The Morgan fingerprint density at radius 3 is 2.68 bits per heavy atom. The number of aryl methyl sites for hydroxylation is 2. The molecule has 0 amide bonds. The first-order valence-electron chi connectivity index (χ1n) is 5.68. The number of aromatic nitrogens is 2. The Bertz CT molecular complexity index is 599. The van der Waals surface area contributed by atoms with Crippen LogP contribution in [0, 0.1) is 12.7 Å². The lowest BCUT2D eigenvalue weighted by molar-refractivity contribution is 0.280. The van der Waals surface area contributed by atoms with Gasteiger partial charge in [-0.1, -0.05) is 17.7 Å². The lowest BCUT2D eigenvalue weighted by Gasteiger charge is -2.08. The van der Waals surface area contributed by atoms with E-state index in [9.17, 15) is 4.39 Å². The summed E-state index contributed by atoms with van der Waals surface area (Å²) in [6.45, 7) is 1.97. The average molecular weight is 303 g/mol. The fourth-order valence-electron chi connectivity index (χ4n) is 1.73. The van der Waals surface area contributed by atoms with E-state index in [1.165, 1.54) is 6.07 Å². The van der Waals surface area contributed by atoms with Crippen LogP contribution in [0.5, 0.6) is 5.75 Å². The molecule has 0 saturated heterocycles. The van der Waals surface area contributed by atoms with Crippen LogP contribution in [-0.4, -0.2) is 9.78 Å². The molecule has 1 heterocycles. The van der Waals surface area contributed by atoms with E-state index in [4.69, 9.17) is 27.9 Å². The predicted molar refractivity (Wildman–Crippen MR) is 73.2 cm³/mol. The van der Waals surface area contributed by atoms with Gasteiger partial charge in [0.05, 0.1) is 16.4 Å². The zero-order valence-electron chi connectivity index (χ0n) is 10.6. The van der Waals surface area contributed by atoms with Gasteiger partial charge in [0.25, 0.3) is 0 Å². The van der Waals surface area contributed by atoms with E-state index < -0.39 is 5.82 Å². The van der Waals surface area contributed by atoms with Crippen molar-refractivity contribution in [1.82, 2.24) is 9.78 Å². The summed E-state index contributed by atoms with van der Waals surface area (Å²) in [6, 6.07) is 4.64. The molecule has 6 heteroatoms. The SMILES string of the molecule is Cc1nn(C)c(COc2ccc(CCl)cc2F)c1Cl. The van der Waals surface area contributed by atoms with Crippen molar-refractivity contribution in [3.05, 3.63) is 46.0 Å². The molecule has 0 aliphatic heterocycles. The van der Waals surface area contributed by atoms with Crippen LogP contribution in [0.4, 0.5) is 4.39 Å². The molecular weight excluding hydrogens is 290 g/mol. The minimum absolute atomic E-state index is 0.160. The van der Waals surface area contributed by atoms with Crippen molar-refractivity contribution in [2.75, 3.05) is 0 Å². The van der Waals surface area contributed by atoms with Crippen molar-refractivity contribution in [3.63, 3.8) is 0 Å². The molecule has 0 spiro atoms. The van der Waals surface area contributed by atoms with Gasteiger partial charge in [0.1, 0.15) is 6.61 Å². The van der Waals surface area contributed by atoms with Crippen molar-refractivity contribution >= 4 is 23.2 Å². The Morgan fingerprint density at radius 2 is 2.16 bits per heavy atom. The lowest BCUT2D eigenvalue weighted by atomic mass is 10.2. The number of rotatable bonds is 4. The van der Waals surface area contributed by atoms with E-state index in [-0.39, 0.29) is 18.2 Å². The van der Waals surface area contributed by atoms with Crippen LogP contribution in [0.15, 0.2) is 18.2 Å². The number of halogens is 3. The van der Waals surface area contributed by atoms with Crippen molar-refractivity contribution in [3.8, 4) is 5.75 Å². The second kappa shape index (κ2) is 5.80. The molecule has 0 N–H and O–H groups in total. The fraction of sp³-hybridized carbons (Fsp3) is 0.308. The molecule has 0 bridgehead atoms. The Labute approximate surface area is 120 Å². The Kier molecular flexibility index (Phi) is 4.32. The number of hydrogen-bond acceptors (Lipinski definition) is 2. The van der Waals surface area contributed by atoms with Crippen molar-refractivity contribution in [2.24, 2.45) is 7.05 Å². The summed E-state index contributed by atoms with van der Waals surface area (Å²) in [5.74, 6) is 0.00110. The third-order valence-corrected chi connectivity index (χ3v) is 3.58. The maximum Gasteiger partial charge on any atom is 0.165 e. The fourth-order valence-corrected chi connectivity index (χ4v) is 2.11. The Hall–Kier alpha value is -1.26. The molecule has 0 fully saturated rings. The van der Waals surface area contributed by atoms with Gasteiger partial charge in [-0.3, -0.25) is 4.68 Å². The highest BCUT2D eigenvalue weighted by Gasteiger charge is 2.13. The molecule has 0 atom stereocenters. The van der Waals surface area contributed by atoms with Gasteiger partial charge in [0, 0.05) is 12.9 Å². The van der Waals surface area contributed by atoms with Gasteiger partial charge in [-0.25, -0.2) is 4.39 Å². The van der Waals surface area contributed by atoms with Gasteiger partial charge in [0.15, 0.2) is 11.6 Å². The first-order valence-corrected chi connectivity index (χ1v) is 6.59. The number of hydrogen-bond donors (Lipinski definition) is 0. The summed E-state index contributed by atoms with van der Waals surface area (Å²) in [7, 11) is 1.77. The van der Waals surface area contributed by atoms with E-state index in [1.807, 2.05) is 6.92 Å². The van der Waals surface area contributed by atoms with E-state index in [0.717, 1.165) is 5.69 Å². The first-order chi connectivity index (χ1) is 9.02. The smallest absolute Gasteiger partial charge is 0.165 e. The molecule has 0 radical (unpaired) electrons. The zero-order valence-corrected chi connectivity index (χ0v) is 12.1. The maximum atomic E-state index is 13.7. The van der Waals surface area contributed by atoms with Gasteiger partial charge in [-0.15, -0.1) is 11.6 Å². The molecule has 2 rings (SSSR count). The molecule has 0 aliphatic rings. The number of alkyl halides is 1. The minimum atomic E-state index is -0.437. The maximum absolute atomic E-state index is 13.7. The number of ether oxygens (including phenoxy) is 1. The van der Waals surface area contributed by atoms with E-state index in [2.05, 4.69) is 5.10 Å². The van der Waals surface area contributed by atoms with Gasteiger partial charge < -0.3 is 4.74 Å². The molecule has 2 aromatic rings. The van der Waals surface area contributed by atoms with E-state index in [1.54, 1.807) is 23.9 Å². The van der Waals surface area contributed by atoms with E-state index in [0.29, 0.717) is 16.3 Å². The van der Waals surface area contributed by atoms with Crippen LogP contribution in [0.3, 0.4) is 0 Å². The summed E-state index contributed by atoms with van der Waals surface area (Å²) in [5, 5.41) is 4.71. The van der Waals surface area contributed by atoms with Crippen molar-refractivity contribution in [2.45, 2.75) is 19.4 Å². The van der Waals surface area contributed by atoms with Gasteiger partial charge >= 0.3 is 0 Å². The molecule has 3 nitrogen and oxygen atoms in total. The minimum Gasteiger partial charge on any atom is -0.484 e. The van der Waals surface area contributed by atoms with Crippen molar-refractivity contribution < 1.29 is 9.13 Å². The van der Waals surface area contributed by atoms with Crippen LogP contribution in [-0.2, 0) is 19.5 Å². The quantitative estimate of drug-likeness (QED) is 0.802. The molecule has 0 saturated carbocycles. The average Bonchev–Trinajstić information content (AvgIpc) is 2.62. The zero-order chi connectivity index (χ0) is 14.0. The third-order valence-electron chi connectivity index (χ3n) is 2.78. The molecule has 1 aromatic heterocycles. The topological polar surface area (TPSA) is 27.1 Å². The molecule has 0 unspecified atom stereocenters. The molecular formula is C13H13Cl2FN2O. The van der Waals surface area contributed by atoms with Gasteiger partial charge in [-0.05, 0) is 24.6 Å². The highest BCUT2D eigenvalue weighted by atomic mass is 35.5. The summed E-state index contributed by atoms with van der Waals surface area (Å²) >= 11 is 11.7. The van der Waals surface area contributed by atoms with Crippen LogP contribution < -0.4 is 4.74 Å². The van der Waals surface area contributed by atoms with Crippen LogP contribution >= 0.6 is 23.2 Å². The van der Waals surface area contributed by atoms with Gasteiger partial charge in [0.2, 0.25) is 0 Å². The van der Waals surface area contributed by atoms with Crippen LogP contribution in [0.2, 0.25) is 5.02 Å². The molecule has 102 valence electrons. The summed E-state index contributed by atoms with van der Waals surface area (Å²) in [5.41, 5.74) is 2.14. The van der Waals surface area contributed by atoms with E-state index >= 15 is 0 Å². The second-order valence-electron chi connectivity index (χ2n) is 4.16. The highest BCUT2D eigenvalue weighted by Crippen LogP contribution is 2.24. The number of nitrogens with zero attached hydrogens (tertiary/aromatic N) is 2. The Morgan fingerprint density at radius 1 is 1.42 bits per heavy atom. The van der Waals surface area contributed by atoms with Crippen LogP contribution in [0.25, 0.3) is 0 Å². The Balaban J connectivity index is 2.14. The normalized spacial score (nSPS) is 10.8. The monoisotopic (exact) mass is 302 g/mol. The molecule has 19 heavy (non-hydrogen) atoms. The molecule has 0 aliphatic carbocycles.